The Hall–Kier alpha value is -1.89. The number of nitrogens with zero attached hydrogens (tertiary/aromatic N) is 2. The fourth-order valence-electron chi connectivity index (χ4n) is 4.86. The first kappa shape index (κ1) is 21.3. The van der Waals surface area contributed by atoms with Gasteiger partial charge in [0.25, 0.3) is 0 Å². The van der Waals surface area contributed by atoms with Crippen LogP contribution in [0.4, 0.5) is 0 Å². The zero-order valence-electron chi connectivity index (χ0n) is 17.4. The smallest absolute Gasteiger partial charge is 0.242 e. The number of sulfonamides is 1. The van der Waals surface area contributed by atoms with Gasteiger partial charge in [0.2, 0.25) is 15.9 Å². The molecule has 5 nitrogen and oxygen atoms in total. The highest BCUT2D eigenvalue weighted by molar-refractivity contribution is 7.89. The topological polar surface area (TPSA) is 57.7 Å². The van der Waals surface area contributed by atoms with Crippen LogP contribution >= 0.6 is 11.6 Å². The van der Waals surface area contributed by atoms with Crippen molar-refractivity contribution >= 4 is 27.5 Å². The summed E-state index contributed by atoms with van der Waals surface area (Å²) in [5.74, 6) is 0.147. The summed E-state index contributed by atoms with van der Waals surface area (Å²) >= 11 is 6.07. The summed E-state index contributed by atoms with van der Waals surface area (Å²) in [7, 11) is -0.424. The zero-order valence-corrected chi connectivity index (χ0v) is 19.0. The molecule has 2 aromatic rings. The Kier molecular flexibility index (Phi) is 5.68. The van der Waals surface area contributed by atoms with Crippen molar-refractivity contribution in [3.05, 3.63) is 64.2 Å². The number of fused-ring (bicyclic) bond motifs is 1. The van der Waals surface area contributed by atoms with Gasteiger partial charge in [0, 0.05) is 32.2 Å². The molecule has 0 saturated heterocycles. The summed E-state index contributed by atoms with van der Waals surface area (Å²) in [4.78, 5) is 16.0. The Balaban J connectivity index is 1.66. The van der Waals surface area contributed by atoms with Crippen molar-refractivity contribution in [2.75, 3.05) is 20.6 Å². The van der Waals surface area contributed by atoms with Gasteiger partial charge in [-0.1, -0.05) is 48.7 Å². The summed E-state index contributed by atoms with van der Waals surface area (Å²) in [5.41, 5.74) is 2.28. The third-order valence-corrected chi connectivity index (χ3v) is 8.68. The molecule has 160 valence electrons. The molecule has 0 unspecified atom stereocenters. The molecule has 0 bridgehead atoms. The molecule has 1 heterocycles. The van der Waals surface area contributed by atoms with Gasteiger partial charge in [0.15, 0.2) is 0 Å². The highest BCUT2D eigenvalue weighted by Gasteiger charge is 2.45. The lowest BCUT2D eigenvalue weighted by molar-refractivity contribution is -0.138. The number of halogens is 1. The van der Waals surface area contributed by atoms with Crippen LogP contribution in [0, 0.1) is 0 Å². The first-order valence-electron chi connectivity index (χ1n) is 10.3. The van der Waals surface area contributed by atoms with E-state index in [2.05, 4.69) is 0 Å². The SMILES string of the molecule is CN(C)S(=O)(=O)c1cccc2c1CCN(C(=O)C1(c3ccc(Cl)cc3)CCCC1)C2. The Morgan fingerprint density at radius 3 is 2.37 bits per heavy atom. The highest BCUT2D eigenvalue weighted by Crippen LogP contribution is 2.44. The fourth-order valence-corrected chi connectivity index (χ4v) is 6.18. The standard InChI is InChI=1S/C23H27ClN2O3S/c1-25(2)30(28,29)21-7-5-6-17-16-26(15-12-20(17)21)22(27)23(13-3-4-14-23)18-8-10-19(24)11-9-18/h5-11H,3-4,12-16H2,1-2H3. The number of carbonyl (C=O) groups excluding carboxylic acids is 1. The van der Waals surface area contributed by atoms with E-state index >= 15 is 0 Å². The van der Waals surface area contributed by atoms with Crippen LogP contribution in [-0.4, -0.2) is 44.2 Å². The monoisotopic (exact) mass is 446 g/mol. The predicted molar refractivity (Wildman–Crippen MR) is 118 cm³/mol. The van der Waals surface area contributed by atoms with E-state index in [1.807, 2.05) is 35.2 Å². The van der Waals surface area contributed by atoms with Crippen molar-refractivity contribution in [2.24, 2.45) is 0 Å². The third-order valence-electron chi connectivity index (χ3n) is 6.53. The molecule has 1 aliphatic heterocycles. The van der Waals surface area contributed by atoms with Crippen LogP contribution < -0.4 is 0 Å². The molecule has 1 aliphatic carbocycles. The minimum absolute atomic E-state index is 0.147. The van der Waals surface area contributed by atoms with Gasteiger partial charge in [-0.3, -0.25) is 4.79 Å². The van der Waals surface area contributed by atoms with E-state index in [-0.39, 0.29) is 5.91 Å². The van der Waals surface area contributed by atoms with E-state index in [1.165, 1.54) is 4.31 Å². The molecule has 0 N–H and O–H groups in total. The summed E-state index contributed by atoms with van der Waals surface area (Å²) in [6.45, 7) is 0.974. The molecule has 7 heteroatoms. The minimum atomic E-state index is -3.51. The van der Waals surface area contributed by atoms with Gasteiger partial charge in [-0.15, -0.1) is 0 Å². The maximum Gasteiger partial charge on any atom is 0.242 e. The number of amides is 1. The fraction of sp³-hybridized carbons (Fsp3) is 0.435. The maximum atomic E-state index is 13.8. The summed E-state index contributed by atoms with van der Waals surface area (Å²) in [5, 5.41) is 0.667. The van der Waals surface area contributed by atoms with E-state index in [4.69, 9.17) is 11.6 Å². The highest BCUT2D eigenvalue weighted by atomic mass is 35.5. The summed E-state index contributed by atoms with van der Waals surface area (Å²) in [6, 6.07) is 13.0. The van der Waals surface area contributed by atoms with Gasteiger partial charge in [-0.2, -0.15) is 0 Å². The van der Waals surface area contributed by atoms with Crippen LogP contribution in [0.2, 0.25) is 5.02 Å². The van der Waals surface area contributed by atoms with Crippen molar-refractivity contribution in [3.63, 3.8) is 0 Å². The Morgan fingerprint density at radius 2 is 1.73 bits per heavy atom. The van der Waals surface area contributed by atoms with Gasteiger partial charge in [-0.05, 0) is 54.2 Å². The van der Waals surface area contributed by atoms with Gasteiger partial charge in [-0.25, -0.2) is 12.7 Å². The first-order valence-corrected chi connectivity index (χ1v) is 12.2. The van der Waals surface area contributed by atoms with Gasteiger partial charge < -0.3 is 4.90 Å². The van der Waals surface area contributed by atoms with Crippen LogP contribution in [-0.2, 0) is 33.2 Å². The molecular formula is C23H27ClN2O3S. The predicted octanol–water partition coefficient (Wildman–Crippen LogP) is 3.99. The van der Waals surface area contributed by atoms with Gasteiger partial charge >= 0.3 is 0 Å². The van der Waals surface area contributed by atoms with Crippen molar-refractivity contribution in [3.8, 4) is 0 Å². The second-order valence-corrected chi connectivity index (χ2v) is 11.0. The van der Waals surface area contributed by atoms with E-state index in [9.17, 15) is 13.2 Å². The maximum absolute atomic E-state index is 13.8. The van der Waals surface area contributed by atoms with Gasteiger partial charge in [0.1, 0.15) is 0 Å². The molecule has 2 aromatic carbocycles. The molecule has 1 amide bonds. The van der Waals surface area contributed by atoms with Crippen molar-refractivity contribution in [2.45, 2.75) is 49.0 Å². The second-order valence-electron chi connectivity index (χ2n) is 8.45. The zero-order chi connectivity index (χ0) is 21.5. The van der Waals surface area contributed by atoms with E-state index in [0.717, 1.165) is 42.4 Å². The van der Waals surface area contributed by atoms with E-state index in [1.54, 1.807) is 26.2 Å². The van der Waals surface area contributed by atoms with Crippen molar-refractivity contribution in [1.82, 2.24) is 9.21 Å². The van der Waals surface area contributed by atoms with Gasteiger partial charge in [0.05, 0.1) is 10.3 Å². The van der Waals surface area contributed by atoms with Crippen LogP contribution in [0.5, 0.6) is 0 Å². The minimum Gasteiger partial charge on any atom is -0.337 e. The Labute approximate surface area is 183 Å². The lowest BCUT2D eigenvalue weighted by atomic mass is 9.77. The molecule has 4 rings (SSSR count). The molecule has 0 spiro atoms. The van der Waals surface area contributed by atoms with Crippen molar-refractivity contribution in [1.29, 1.82) is 0 Å². The largest absolute Gasteiger partial charge is 0.337 e. The van der Waals surface area contributed by atoms with Crippen LogP contribution in [0.3, 0.4) is 0 Å². The average Bonchev–Trinajstić information content (AvgIpc) is 3.23. The quantitative estimate of drug-likeness (QED) is 0.713. The summed E-state index contributed by atoms with van der Waals surface area (Å²) < 4.78 is 26.7. The number of hydrogen-bond donors (Lipinski definition) is 0. The lowest BCUT2D eigenvalue weighted by Crippen LogP contribution is -2.47. The second kappa shape index (κ2) is 7.98. The Bertz CT molecular complexity index is 1060. The number of benzene rings is 2. The normalized spacial score (nSPS) is 18.5. The lowest BCUT2D eigenvalue weighted by Gasteiger charge is -2.38. The van der Waals surface area contributed by atoms with E-state index < -0.39 is 15.4 Å². The number of rotatable bonds is 4. The number of hydrogen-bond acceptors (Lipinski definition) is 3. The molecular weight excluding hydrogens is 420 g/mol. The molecule has 0 atom stereocenters. The molecule has 0 aromatic heterocycles. The first-order chi connectivity index (χ1) is 14.3. The molecule has 0 radical (unpaired) electrons. The summed E-state index contributed by atoms with van der Waals surface area (Å²) in [6.07, 6.45) is 4.28. The van der Waals surface area contributed by atoms with Crippen LogP contribution in [0.1, 0.15) is 42.4 Å². The Morgan fingerprint density at radius 1 is 1.07 bits per heavy atom. The van der Waals surface area contributed by atoms with Crippen molar-refractivity contribution < 1.29 is 13.2 Å². The van der Waals surface area contributed by atoms with Crippen LogP contribution in [0.25, 0.3) is 0 Å². The van der Waals surface area contributed by atoms with Crippen LogP contribution in [0.15, 0.2) is 47.4 Å². The molecule has 30 heavy (non-hydrogen) atoms. The molecule has 2 aliphatic rings. The average molecular weight is 447 g/mol. The molecule has 1 fully saturated rings. The third kappa shape index (κ3) is 3.55. The number of carbonyl (C=O) groups is 1. The van der Waals surface area contributed by atoms with E-state index in [0.29, 0.717) is 29.4 Å². The molecule has 1 saturated carbocycles.